The summed E-state index contributed by atoms with van der Waals surface area (Å²) in [5, 5.41) is 1.23. The van der Waals surface area contributed by atoms with E-state index in [1.807, 2.05) is 0 Å². The maximum absolute atomic E-state index is 14.0. The van der Waals surface area contributed by atoms with Crippen LogP contribution in [-0.4, -0.2) is 4.98 Å². The van der Waals surface area contributed by atoms with Gasteiger partial charge in [0.1, 0.15) is 5.82 Å². The standard InChI is InChI=1S/C27H33ClFN/c1-4-6-8-9-10-11-20-13-15-21(16-14-20)19(3)27-22(12-7-5-2)23-17-24(28)25(29)18-26(23)30-27/h10-11,13-19,30H,4-9,12H2,1-3H3/b11-10+. The summed E-state index contributed by atoms with van der Waals surface area (Å²) in [4.78, 5) is 3.50. The molecule has 0 saturated carbocycles. The minimum absolute atomic E-state index is 0.188. The molecule has 0 aliphatic carbocycles. The average Bonchev–Trinajstić information content (AvgIpc) is 3.09. The van der Waals surface area contributed by atoms with Crippen molar-refractivity contribution in [1.82, 2.24) is 4.98 Å². The molecule has 0 saturated heterocycles. The molecule has 0 fully saturated rings. The van der Waals surface area contributed by atoms with Gasteiger partial charge in [0.05, 0.1) is 5.02 Å². The number of aromatic amines is 1. The van der Waals surface area contributed by atoms with Crippen molar-refractivity contribution in [2.75, 3.05) is 0 Å². The monoisotopic (exact) mass is 425 g/mol. The molecule has 2 aromatic carbocycles. The van der Waals surface area contributed by atoms with Crippen LogP contribution in [0.3, 0.4) is 0 Å². The van der Waals surface area contributed by atoms with Crippen LogP contribution in [0.25, 0.3) is 17.0 Å². The number of hydrogen-bond acceptors (Lipinski definition) is 0. The molecule has 3 rings (SSSR count). The summed E-state index contributed by atoms with van der Waals surface area (Å²) < 4.78 is 14.0. The molecule has 0 spiro atoms. The van der Waals surface area contributed by atoms with Crippen LogP contribution in [0.1, 0.15) is 87.6 Å². The lowest BCUT2D eigenvalue weighted by atomic mass is 9.92. The Morgan fingerprint density at radius 2 is 1.77 bits per heavy atom. The first-order valence-corrected chi connectivity index (χ1v) is 11.7. The van der Waals surface area contributed by atoms with Crippen LogP contribution in [0, 0.1) is 5.82 Å². The Morgan fingerprint density at radius 3 is 2.47 bits per heavy atom. The number of benzene rings is 2. The number of unbranched alkanes of at least 4 members (excludes halogenated alkanes) is 4. The molecule has 1 unspecified atom stereocenters. The predicted octanol–water partition coefficient (Wildman–Crippen LogP) is 9.05. The van der Waals surface area contributed by atoms with Gasteiger partial charge in [0.25, 0.3) is 0 Å². The van der Waals surface area contributed by atoms with Gasteiger partial charge in [0.15, 0.2) is 0 Å². The largest absolute Gasteiger partial charge is 0.358 e. The summed E-state index contributed by atoms with van der Waals surface area (Å²) in [6.07, 6.45) is 12.6. The minimum atomic E-state index is -0.373. The van der Waals surface area contributed by atoms with E-state index < -0.39 is 0 Å². The van der Waals surface area contributed by atoms with E-state index in [4.69, 9.17) is 11.6 Å². The number of aromatic nitrogens is 1. The first-order valence-electron chi connectivity index (χ1n) is 11.3. The highest BCUT2D eigenvalue weighted by Gasteiger charge is 2.19. The van der Waals surface area contributed by atoms with Gasteiger partial charge in [-0.05, 0) is 54.5 Å². The van der Waals surface area contributed by atoms with Crippen molar-refractivity contribution in [3.05, 3.63) is 75.7 Å². The van der Waals surface area contributed by atoms with Crippen molar-refractivity contribution in [2.24, 2.45) is 0 Å². The highest BCUT2D eigenvalue weighted by molar-refractivity contribution is 6.31. The Morgan fingerprint density at radius 1 is 1.03 bits per heavy atom. The summed E-state index contributed by atoms with van der Waals surface area (Å²) in [5.74, 6) is -0.171. The molecular weight excluding hydrogens is 393 g/mol. The Hall–Kier alpha value is -2.06. The fourth-order valence-electron chi connectivity index (χ4n) is 4.05. The van der Waals surface area contributed by atoms with Crippen molar-refractivity contribution in [3.8, 4) is 0 Å². The van der Waals surface area contributed by atoms with Gasteiger partial charge >= 0.3 is 0 Å². The number of allylic oxidation sites excluding steroid dienone is 1. The van der Waals surface area contributed by atoms with Crippen molar-refractivity contribution in [3.63, 3.8) is 0 Å². The molecular formula is C27H33ClFN. The van der Waals surface area contributed by atoms with Gasteiger partial charge in [-0.25, -0.2) is 4.39 Å². The van der Waals surface area contributed by atoms with Crippen molar-refractivity contribution < 1.29 is 4.39 Å². The van der Waals surface area contributed by atoms with Crippen LogP contribution in [-0.2, 0) is 6.42 Å². The number of aryl methyl sites for hydroxylation is 1. The first kappa shape index (κ1) is 22.6. The van der Waals surface area contributed by atoms with Gasteiger partial charge in [-0.2, -0.15) is 0 Å². The fraction of sp³-hybridized carbons (Fsp3) is 0.407. The quantitative estimate of drug-likeness (QED) is 0.312. The van der Waals surface area contributed by atoms with Crippen LogP contribution in [0.5, 0.6) is 0 Å². The zero-order chi connectivity index (χ0) is 21.5. The second-order valence-electron chi connectivity index (χ2n) is 8.22. The number of halogens is 2. The highest BCUT2D eigenvalue weighted by atomic mass is 35.5. The Labute approximate surface area is 185 Å². The summed E-state index contributed by atoms with van der Waals surface area (Å²) in [6, 6.07) is 12.1. The predicted molar refractivity (Wildman–Crippen MR) is 129 cm³/mol. The summed E-state index contributed by atoms with van der Waals surface area (Å²) in [5.41, 5.74) is 5.76. The molecule has 0 aliphatic rings. The topological polar surface area (TPSA) is 15.8 Å². The van der Waals surface area contributed by atoms with E-state index in [1.54, 1.807) is 6.07 Å². The van der Waals surface area contributed by atoms with E-state index >= 15 is 0 Å². The van der Waals surface area contributed by atoms with Gasteiger partial charge in [-0.1, -0.05) is 88.1 Å². The van der Waals surface area contributed by atoms with Gasteiger partial charge in [0.2, 0.25) is 0 Å². The summed E-state index contributed by atoms with van der Waals surface area (Å²) in [7, 11) is 0. The second kappa shape index (κ2) is 10.8. The molecule has 160 valence electrons. The Balaban J connectivity index is 1.85. The molecule has 1 N–H and O–H groups in total. The first-order chi connectivity index (χ1) is 14.5. The third-order valence-electron chi connectivity index (χ3n) is 5.91. The fourth-order valence-corrected chi connectivity index (χ4v) is 4.22. The molecule has 0 bridgehead atoms. The van der Waals surface area contributed by atoms with Crippen molar-refractivity contribution in [2.45, 2.75) is 71.6 Å². The lowest BCUT2D eigenvalue weighted by Gasteiger charge is -2.14. The molecule has 0 radical (unpaired) electrons. The lowest BCUT2D eigenvalue weighted by molar-refractivity contribution is 0.630. The summed E-state index contributed by atoms with van der Waals surface area (Å²) in [6.45, 7) is 6.64. The highest BCUT2D eigenvalue weighted by Crippen LogP contribution is 2.35. The molecule has 0 amide bonds. The average molecular weight is 426 g/mol. The SMILES string of the molecule is CCCCC/C=C/c1ccc(C(C)c2[nH]c3cc(F)c(Cl)cc3c2CCCC)cc1. The van der Waals surface area contributed by atoms with Gasteiger partial charge in [-0.15, -0.1) is 0 Å². The van der Waals surface area contributed by atoms with E-state index in [9.17, 15) is 4.39 Å². The smallest absolute Gasteiger partial charge is 0.143 e. The molecule has 1 nitrogen and oxygen atoms in total. The van der Waals surface area contributed by atoms with Crippen LogP contribution < -0.4 is 0 Å². The van der Waals surface area contributed by atoms with E-state index in [0.29, 0.717) is 0 Å². The minimum Gasteiger partial charge on any atom is -0.358 e. The van der Waals surface area contributed by atoms with E-state index in [0.717, 1.165) is 36.6 Å². The molecule has 30 heavy (non-hydrogen) atoms. The number of nitrogens with one attached hydrogen (secondary N) is 1. The Kier molecular flexibility index (Phi) is 8.16. The number of hydrogen-bond donors (Lipinski definition) is 1. The van der Waals surface area contributed by atoms with E-state index in [-0.39, 0.29) is 16.8 Å². The number of fused-ring (bicyclic) bond motifs is 1. The number of H-pyrrole nitrogens is 1. The van der Waals surface area contributed by atoms with Crippen LogP contribution in [0.2, 0.25) is 5.02 Å². The third kappa shape index (κ3) is 5.35. The molecule has 3 aromatic rings. The van der Waals surface area contributed by atoms with Crippen LogP contribution in [0.15, 0.2) is 42.5 Å². The molecule has 1 atom stereocenters. The van der Waals surface area contributed by atoms with E-state index in [1.165, 1.54) is 47.7 Å². The maximum Gasteiger partial charge on any atom is 0.143 e. The third-order valence-corrected chi connectivity index (χ3v) is 6.20. The van der Waals surface area contributed by atoms with Gasteiger partial charge in [0, 0.05) is 22.5 Å². The molecule has 3 heteroatoms. The van der Waals surface area contributed by atoms with Crippen LogP contribution in [0.4, 0.5) is 4.39 Å². The van der Waals surface area contributed by atoms with Crippen LogP contribution >= 0.6 is 11.6 Å². The van der Waals surface area contributed by atoms with Crippen molar-refractivity contribution in [1.29, 1.82) is 0 Å². The summed E-state index contributed by atoms with van der Waals surface area (Å²) >= 11 is 6.09. The van der Waals surface area contributed by atoms with Gasteiger partial charge < -0.3 is 4.98 Å². The maximum atomic E-state index is 14.0. The zero-order valence-electron chi connectivity index (χ0n) is 18.4. The molecule has 0 aliphatic heterocycles. The lowest BCUT2D eigenvalue weighted by Crippen LogP contribution is -2.01. The normalized spacial score (nSPS) is 12.8. The molecule has 1 aromatic heterocycles. The second-order valence-corrected chi connectivity index (χ2v) is 8.63. The molecule has 1 heterocycles. The van der Waals surface area contributed by atoms with Crippen molar-refractivity contribution >= 4 is 28.6 Å². The van der Waals surface area contributed by atoms with E-state index in [2.05, 4.69) is 62.2 Å². The van der Waals surface area contributed by atoms with Gasteiger partial charge in [-0.3, -0.25) is 0 Å². The Bertz CT molecular complexity index is 984. The zero-order valence-corrected chi connectivity index (χ0v) is 19.2. The number of rotatable bonds is 10.